The highest BCUT2D eigenvalue weighted by molar-refractivity contribution is 7.87. The van der Waals surface area contributed by atoms with E-state index in [0.717, 1.165) is 10.1 Å². The van der Waals surface area contributed by atoms with Crippen molar-refractivity contribution in [2.45, 2.75) is 13.3 Å². The molecule has 0 unspecified atom stereocenters. The lowest BCUT2D eigenvalue weighted by molar-refractivity contribution is 0.465. The van der Waals surface area contributed by atoms with Gasteiger partial charge in [-0.2, -0.15) is 12.7 Å². The van der Waals surface area contributed by atoms with Gasteiger partial charge in [-0.1, -0.05) is 0 Å². The fraction of sp³-hybridized carbons (Fsp3) is 0.625. The molecule has 6 nitrogen and oxygen atoms in total. The van der Waals surface area contributed by atoms with Crippen molar-refractivity contribution in [1.82, 2.24) is 14.0 Å². The molecule has 0 aliphatic carbocycles. The van der Waals surface area contributed by atoms with Crippen LogP contribution in [-0.4, -0.2) is 38.3 Å². The zero-order valence-corrected chi connectivity index (χ0v) is 9.84. The fourth-order valence-electron chi connectivity index (χ4n) is 0.933. The molecule has 0 saturated carbocycles. The molecule has 1 aromatic rings. The third-order valence-corrected chi connectivity index (χ3v) is 3.30. The van der Waals surface area contributed by atoms with Crippen LogP contribution in [0.15, 0.2) is 10.6 Å². The smallest absolute Gasteiger partial charge is 0.278 e. The van der Waals surface area contributed by atoms with Crippen molar-refractivity contribution in [1.29, 1.82) is 0 Å². The molecule has 0 atom stereocenters. The number of rotatable bonds is 5. The molecule has 0 amide bonds. The summed E-state index contributed by atoms with van der Waals surface area (Å²) in [7, 11) is -0.408. The minimum absolute atomic E-state index is 0.278. The summed E-state index contributed by atoms with van der Waals surface area (Å²) in [6, 6.07) is 0. The molecule has 0 fully saturated rings. The van der Waals surface area contributed by atoms with Gasteiger partial charge < -0.3 is 4.42 Å². The number of aryl methyl sites for hydroxylation is 1. The second-order valence-electron chi connectivity index (χ2n) is 3.30. The second-order valence-corrected chi connectivity index (χ2v) is 5.27. The first-order valence-electron chi connectivity index (χ1n) is 4.50. The summed E-state index contributed by atoms with van der Waals surface area (Å²) in [6.45, 7) is 2.07. The van der Waals surface area contributed by atoms with E-state index < -0.39 is 10.2 Å². The van der Waals surface area contributed by atoms with Gasteiger partial charge in [0.25, 0.3) is 10.2 Å². The zero-order valence-electron chi connectivity index (χ0n) is 9.02. The summed E-state index contributed by atoms with van der Waals surface area (Å²) in [5.41, 5.74) is 0. The largest absolute Gasteiger partial charge is 0.446 e. The Hall–Kier alpha value is -0.920. The summed E-state index contributed by atoms with van der Waals surface area (Å²) < 4.78 is 31.3. The molecule has 0 aliphatic rings. The third-order valence-electron chi connectivity index (χ3n) is 1.77. The van der Waals surface area contributed by atoms with E-state index in [-0.39, 0.29) is 6.54 Å². The molecule has 0 aliphatic heterocycles. The zero-order chi connectivity index (χ0) is 11.5. The summed E-state index contributed by atoms with van der Waals surface area (Å²) >= 11 is 0. The van der Waals surface area contributed by atoms with Gasteiger partial charge in [0.15, 0.2) is 5.89 Å². The minimum Gasteiger partial charge on any atom is -0.446 e. The maximum Gasteiger partial charge on any atom is 0.278 e. The van der Waals surface area contributed by atoms with Gasteiger partial charge in [0.05, 0.1) is 6.20 Å². The van der Waals surface area contributed by atoms with Crippen LogP contribution in [0.2, 0.25) is 0 Å². The van der Waals surface area contributed by atoms with Gasteiger partial charge in [-0.25, -0.2) is 9.71 Å². The topological polar surface area (TPSA) is 75.4 Å². The van der Waals surface area contributed by atoms with E-state index in [1.54, 1.807) is 13.1 Å². The average molecular weight is 233 g/mol. The van der Waals surface area contributed by atoms with Crippen LogP contribution in [0.3, 0.4) is 0 Å². The summed E-state index contributed by atoms with van der Waals surface area (Å²) in [6.07, 6.45) is 2.05. The monoisotopic (exact) mass is 233 g/mol. The quantitative estimate of drug-likeness (QED) is 0.772. The predicted molar refractivity (Wildman–Crippen MR) is 55.6 cm³/mol. The van der Waals surface area contributed by atoms with Crippen LogP contribution < -0.4 is 4.72 Å². The fourth-order valence-corrected chi connectivity index (χ4v) is 1.55. The van der Waals surface area contributed by atoms with E-state index in [4.69, 9.17) is 4.42 Å². The molecule has 1 aromatic heterocycles. The van der Waals surface area contributed by atoms with E-state index in [9.17, 15) is 8.42 Å². The molecule has 15 heavy (non-hydrogen) atoms. The highest BCUT2D eigenvalue weighted by Crippen LogP contribution is 2.01. The molecular formula is C8H15N3O3S. The van der Waals surface area contributed by atoms with Crippen molar-refractivity contribution >= 4 is 10.2 Å². The van der Waals surface area contributed by atoms with E-state index in [0.29, 0.717) is 12.3 Å². The van der Waals surface area contributed by atoms with Crippen molar-refractivity contribution in [3.05, 3.63) is 17.8 Å². The SMILES string of the molecule is Cc1cnc(CCNS(=O)(=O)N(C)C)o1. The highest BCUT2D eigenvalue weighted by Gasteiger charge is 2.12. The summed E-state index contributed by atoms with van der Waals surface area (Å²) in [5, 5.41) is 0. The Morgan fingerprint density at radius 1 is 1.53 bits per heavy atom. The third kappa shape index (κ3) is 3.61. The van der Waals surface area contributed by atoms with Gasteiger partial charge in [-0.05, 0) is 6.92 Å². The van der Waals surface area contributed by atoms with Crippen LogP contribution in [-0.2, 0) is 16.6 Å². The molecule has 0 spiro atoms. The molecule has 0 aromatic carbocycles. The number of hydrogen-bond acceptors (Lipinski definition) is 4. The Morgan fingerprint density at radius 2 is 2.20 bits per heavy atom. The average Bonchev–Trinajstić information content (AvgIpc) is 2.51. The molecule has 86 valence electrons. The lowest BCUT2D eigenvalue weighted by Crippen LogP contribution is -2.36. The van der Waals surface area contributed by atoms with Gasteiger partial charge >= 0.3 is 0 Å². The minimum atomic E-state index is -3.35. The van der Waals surface area contributed by atoms with Crippen LogP contribution in [0.4, 0.5) is 0 Å². The van der Waals surface area contributed by atoms with Crippen molar-refractivity contribution in [3.63, 3.8) is 0 Å². The maximum absolute atomic E-state index is 11.3. The van der Waals surface area contributed by atoms with Crippen LogP contribution in [0, 0.1) is 6.92 Å². The Labute approximate surface area is 89.5 Å². The highest BCUT2D eigenvalue weighted by atomic mass is 32.2. The maximum atomic E-state index is 11.3. The number of aromatic nitrogens is 1. The Bertz CT molecular complexity index is 411. The number of hydrogen-bond donors (Lipinski definition) is 1. The first-order chi connectivity index (χ1) is 6.92. The molecule has 7 heteroatoms. The van der Waals surface area contributed by atoms with Crippen LogP contribution in [0.5, 0.6) is 0 Å². The number of oxazole rings is 1. The van der Waals surface area contributed by atoms with E-state index >= 15 is 0 Å². The van der Waals surface area contributed by atoms with E-state index in [1.807, 2.05) is 0 Å². The van der Waals surface area contributed by atoms with E-state index in [2.05, 4.69) is 9.71 Å². The molecule has 1 N–H and O–H groups in total. The first-order valence-corrected chi connectivity index (χ1v) is 5.94. The molecule has 1 heterocycles. The lowest BCUT2D eigenvalue weighted by Gasteiger charge is -2.11. The lowest BCUT2D eigenvalue weighted by atomic mass is 10.4. The molecule has 0 saturated heterocycles. The van der Waals surface area contributed by atoms with Crippen molar-refractivity contribution in [2.75, 3.05) is 20.6 Å². The number of nitrogens with zero attached hydrogens (tertiary/aromatic N) is 2. The normalized spacial score (nSPS) is 12.3. The van der Waals surface area contributed by atoms with Gasteiger partial charge in [0, 0.05) is 27.1 Å². The summed E-state index contributed by atoms with van der Waals surface area (Å²) in [5.74, 6) is 1.26. The van der Waals surface area contributed by atoms with Crippen LogP contribution in [0.25, 0.3) is 0 Å². The standard InChI is InChI=1S/C8H15N3O3S/c1-7-6-9-8(14-7)4-5-10-15(12,13)11(2)3/h6,10H,4-5H2,1-3H3. The van der Waals surface area contributed by atoms with Gasteiger partial charge in [-0.15, -0.1) is 0 Å². The van der Waals surface area contributed by atoms with Crippen molar-refractivity contribution < 1.29 is 12.8 Å². The van der Waals surface area contributed by atoms with Crippen molar-refractivity contribution in [2.24, 2.45) is 0 Å². The van der Waals surface area contributed by atoms with Crippen molar-refractivity contribution in [3.8, 4) is 0 Å². The Balaban J connectivity index is 2.40. The molecule has 0 radical (unpaired) electrons. The predicted octanol–water partition coefficient (Wildman–Crippen LogP) is -0.0785. The number of nitrogens with one attached hydrogen (secondary N) is 1. The summed E-state index contributed by atoms with van der Waals surface area (Å²) in [4.78, 5) is 3.97. The van der Waals surface area contributed by atoms with Gasteiger partial charge in [0.2, 0.25) is 0 Å². The first kappa shape index (κ1) is 12.2. The molecule has 0 bridgehead atoms. The van der Waals surface area contributed by atoms with Gasteiger partial charge in [0.1, 0.15) is 5.76 Å². The van der Waals surface area contributed by atoms with E-state index in [1.165, 1.54) is 14.1 Å². The van der Waals surface area contributed by atoms with Crippen LogP contribution >= 0.6 is 0 Å². The van der Waals surface area contributed by atoms with Crippen LogP contribution in [0.1, 0.15) is 11.7 Å². The molecular weight excluding hydrogens is 218 g/mol. The Kier molecular flexibility index (Phi) is 3.83. The second kappa shape index (κ2) is 4.73. The molecule has 1 rings (SSSR count). The van der Waals surface area contributed by atoms with Gasteiger partial charge in [-0.3, -0.25) is 0 Å². The Morgan fingerprint density at radius 3 is 2.67 bits per heavy atom.